The van der Waals surface area contributed by atoms with Gasteiger partial charge in [-0.25, -0.2) is 8.42 Å². The van der Waals surface area contributed by atoms with Crippen LogP contribution in [0.25, 0.3) is 0 Å². The molecular weight excluding hydrogens is 278 g/mol. The van der Waals surface area contributed by atoms with Gasteiger partial charge in [0.1, 0.15) is 4.90 Å². The van der Waals surface area contributed by atoms with Crippen molar-refractivity contribution in [1.29, 1.82) is 0 Å². The lowest BCUT2D eigenvalue weighted by Crippen LogP contribution is -2.29. The molecule has 0 spiro atoms. The number of anilines is 1. The van der Waals surface area contributed by atoms with Gasteiger partial charge in [0, 0.05) is 18.7 Å². The normalized spacial score (nSPS) is 20.1. The zero-order valence-electron chi connectivity index (χ0n) is 11.4. The number of rotatable bonds is 4. The maximum absolute atomic E-state index is 12.5. The predicted octanol–water partition coefficient (Wildman–Crippen LogP) is 0.788. The van der Waals surface area contributed by atoms with Crippen LogP contribution in [0, 0.1) is 5.92 Å². The molecule has 1 heterocycles. The Labute approximate surface area is 118 Å². The summed E-state index contributed by atoms with van der Waals surface area (Å²) < 4.78 is 26.5. The molecule has 20 heavy (non-hydrogen) atoms. The van der Waals surface area contributed by atoms with Crippen LogP contribution in [0.3, 0.4) is 0 Å². The molecule has 1 fully saturated rings. The Bertz CT molecular complexity index is 628. The fourth-order valence-corrected chi connectivity index (χ4v) is 4.05. The Morgan fingerprint density at radius 1 is 1.45 bits per heavy atom. The molecule has 1 amide bonds. The van der Waals surface area contributed by atoms with Crippen molar-refractivity contribution in [1.82, 2.24) is 4.31 Å². The maximum atomic E-state index is 12.5. The molecule has 0 bridgehead atoms. The molecule has 0 radical (unpaired) electrons. The molecule has 4 N–H and O–H groups in total. The number of hydrogen-bond acceptors (Lipinski definition) is 4. The lowest BCUT2D eigenvalue weighted by Gasteiger charge is -2.18. The number of nitrogen functional groups attached to an aromatic ring is 1. The van der Waals surface area contributed by atoms with E-state index in [4.69, 9.17) is 11.5 Å². The van der Waals surface area contributed by atoms with E-state index < -0.39 is 15.9 Å². The topological polar surface area (TPSA) is 106 Å². The number of primary amides is 1. The molecule has 7 heteroatoms. The standard InChI is InChI=1S/C13H19N3O3S/c1-2-9-5-6-16(8-9)20(18,19)12-4-3-10(13(15)17)7-11(12)14/h3-4,7,9H,2,5-6,8,14H2,1H3,(H2,15,17). The minimum absolute atomic E-state index is 0.0410. The Morgan fingerprint density at radius 2 is 2.15 bits per heavy atom. The van der Waals surface area contributed by atoms with Crippen LogP contribution in [0.2, 0.25) is 0 Å². The molecule has 6 nitrogen and oxygen atoms in total. The van der Waals surface area contributed by atoms with Crippen LogP contribution in [0.1, 0.15) is 30.1 Å². The Balaban J connectivity index is 2.33. The number of benzene rings is 1. The van der Waals surface area contributed by atoms with Crippen LogP contribution in [0.15, 0.2) is 23.1 Å². The van der Waals surface area contributed by atoms with Gasteiger partial charge in [-0.15, -0.1) is 0 Å². The molecule has 1 aliphatic heterocycles. The molecule has 1 aromatic rings. The molecular formula is C13H19N3O3S. The molecule has 2 rings (SSSR count). The summed E-state index contributed by atoms with van der Waals surface area (Å²) in [5, 5.41) is 0. The van der Waals surface area contributed by atoms with Crippen molar-refractivity contribution < 1.29 is 13.2 Å². The first-order chi connectivity index (χ1) is 9.36. The third kappa shape index (κ3) is 2.64. The quantitative estimate of drug-likeness (QED) is 0.801. The Hall–Kier alpha value is -1.60. The van der Waals surface area contributed by atoms with Crippen molar-refractivity contribution in [2.45, 2.75) is 24.7 Å². The van der Waals surface area contributed by atoms with E-state index in [1.807, 2.05) is 0 Å². The minimum Gasteiger partial charge on any atom is -0.398 e. The number of carbonyl (C=O) groups is 1. The number of nitrogens with two attached hydrogens (primary N) is 2. The van der Waals surface area contributed by atoms with Gasteiger partial charge in [0.05, 0.1) is 5.69 Å². The van der Waals surface area contributed by atoms with E-state index in [-0.39, 0.29) is 16.1 Å². The lowest BCUT2D eigenvalue weighted by molar-refractivity contribution is 0.1000. The van der Waals surface area contributed by atoms with E-state index >= 15 is 0 Å². The fraction of sp³-hybridized carbons (Fsp3) is 0.462. The summed E-state index contributed by atoms with van der Waals surface area (Å²) in [4.78, 5) is 11.1. The first-order valence-electron chi connectivity index (χ1n) is 6.55. The van der Waals surface area contributed by atoms with Crippen LogP contribution in [0.5, 0.6) is 0 Å². The van der Waals surface area contributed by atoms with Gasteiger partial charge in [0.25, 0.3) is 0 Å². The fourth-order valence-electron chi connectivity index (χ4n) is 2.42. The molecule has 0 aromatic heterocycles. The minimum atomic E-state index is -3.60. The van der Waals surface area contributed by atoms with E-state index in [0.717, 1.165) is 12.8 Å². The van der Waals surface area contributed by atoms with E-state index in [1.54, 1.807) is 0 Å². The second-order valence-electron chi connectivity index (χ2n) is 5.04. The zero-order valence-corrected chi connectivity index (χ0v) is 12.2. The summed E-state index contributed by atoms with van der Waals surface area (Å²) in [5.41, 5.74) is 11.2. The number of hydrogen-bond donors (Lipinski definition) is 2. The number of sulfonamides is 1. The van der Waals surface area contributed by atoms with Gasteiger partial charge in [-0.05, 0) is 30.5 Å². The summed E-state index contributed by atoms with van der Waals surface area (Å²) in [5.74, 6) is -0.233. The van der Waals surface area contributed by atoms with Gasteiger partial charge in [-0.2, -0.15) is 4.31 Å². The van der Waals surface area contributed by atoms with Gasteiger partial charge >= 0.3 is 0 Å². The monoisotopic (exact) mass is 297 g/mol. The van der Waals surface area contributed by atoms with E-state index in [9.17, 15) is 13.2 Å². The second kappa shape index (κ2) is 5.41. The van der Waals surface area contributed by atoms with Gasteiger partial charge in [-0.3, -0.25) is 4.79 Å². The van der Waals surface area contributed by atoms with Crippen molar-refractivity contribution in [3.05, 3.63) is 23.8 Å². The Kier molecular flexibility index (Phi) is 4.01. The highest BCUT2D eigenvalue weighted by Crippen LogP contribution is 2.29. The Morgan fingerprint density at radius 3 is 2.65 bits per heavy atom. The molecule has 1 atom stereocenters. The highest BCUT2D eigenvalue weighted by molar-refractivity contribution is 7.89. The van der Waals surface area contributed by atoms with Crippen LogP contribution < -0.4 is 11.5 Å². The first-order valence-corrected chi connectivity index (χ1v) is 7.99. The number of nitrogens with zero attached hydrogens (tertiary/aromatic N) is 1. The highest BCUT2D eigenvalue weighted by Gasteiger charge is 2.32. The van der Waals surface area contributed by atoms with Crippen molar-refractivity contribution >= 4 is 21.6 Å². The summed E-state index contributed by atoms with van der Waals surface area (Å²) in [6.07, 6.45) is 1.83. The second-order valence-corrected chi connectivity index (χ2v) is 6.95. The molecule has 110 valence electrons. The van der Waals surface area contributed by atoms with Crippen LogP contribution in [-0.4, -0.2) is 31.7 Å². The molecule has 1 saturated heterocycles. The van der Waals surface area contributed by atoms with E-state index in [1.165, 1.54) is 22.5 Å². The van der Waals surface area contributed by atoms with Gasteiger partial charge < -0.3 is 11.5 Å². The molecule has 1 aromatic carbocycles. The largest absolute Gasteiger partial charge is 0.398 e. The van der Waals surface area contributed by atoms with Crippen LogP contribution in [-0.2, 0) is 10.0 Å². The van der Waals surface area contributed by atoms with Crippen molar-refractivity contribution in [3.63, 3.8) is 0 Å². The lowest BCUT2D eigenvalue weighted by atomic mass is 10.1. The summed E-state index contributed by atoms with van der Waals surface area (Å²) >= 11 is 0. The molecule has 1 aliphatic rings. The maximum Gasteiger partial charge on any atom is 0.248 e. The molecule has 1 unspecified atom stereocenters. The van der Waals surface area contributed by atoms with Crippen molar-refractivity contribution in [3.8, 4) is 0 Å². The SMILES string of the molecule is CCC1CCN(S(=O)(=O)c2ccc(C(N)=O)cc2N)C1. The third-order valence-electron chi connectivity index (χ3n) is 3.74. The number of amides is 1. The summed E-state index contributed by atoms with van der Waals surface area (Å²) in [6, 6.07) is 4.05. The molecule has 0 aliphatic carbocycles. The van der Waals surface area contributed by atoms with Crippen LogP contribution in [0.4, 0.5) is 5.69 Å². The summed E-state index contributed by atoms with van der Waals surface area (Å²) in [7, 11) is -3.60. The van der Waals surface area contributed by atoms with Crippen LogP contribution >= 0.6 is 0 Å². The highest BCUT2D eigenvalue weighted by atomic mass is 32.2. The smallest absolute Gasteiger partial charge is 0.248 e. The van der Waals surface area contributed by atoms with Crippen molar-refractivity contribution in [2.24, 2.45) is 11.7 Å². The van der Waals surface area contributed by atoms with Crippen molar-refractivity contribution in [2.75, 3.05) is 18.8 Å². The average molecular weight is 297 g/mol. The van der Waals surface area contributed by atoms with Gasteiger partial charge in [-0.1, -0.05) is 13.3 Å². The number of carbonyl (C=O) groups excluding carboxylic acids is 1. The zero-order chi connectivity index (χ0) is 14.9. The summed E-state index contributed by atoms with van der Waals surface area (Å²) in [6.45, 7) is 3.09. The average Bonchev–Trinajstić information content (AvgIpc) is 2.87. The van der Waals surface area contributed by atoms with E-state index in [0.29, 0.717) is 19.0 Å². The van der Waals surface area contributed by atoms with Gasteiger partial charge in [0.15, 0.2) is 0 Å². The molecule has 0 saturated carbocycles. The third-order valence-corrected chi connectivity index (χ3v) is 5.68. The predicted molar refractivity (Wildman–Crippen MR) is 76.5 cm³/mol. The first kappa shape index (κ1) is 14.8. The van der Waals surface area contributed by atoms with E-state index in [2.05, 4.69) is 6.92 Å². The van der Waals surface area contributed by atoms with Gasteiger partial charge in [0.2, 0.25) is 15.9 Å².